The van der Waals surface area contributed by atoms with Crippen molar-refractivity contribution < 1.29 is 23.0 Å². The Morgan fingerprint density at radius 2 is 1.90 bits per heavy atom. The van der Waals surface area contributed by atoms with Crippen LogP contribution < -0.4 is 14.4 Å². The Labute approximate surface area is 180 Å². The highest BCUT2D eigenvalue weighted by Gasteiger charge is 2.19. The van der Waals surface area contributed by atoms with Gasteiger partial charge in [-0.1, -0.05) is 12.1 Å². The van der Waals surface area contributed by atoms with E-state index in [1.54, 1.807) is 54.6 Å². The van der Waals surface area contributed by atoms with Crippen molar-refractivity contribution in [1.82, 2.24) is 4.98 Å². The molecule has 0 aliphatic rings. The summed E-state index contributed by atoms with van der Waals surface area (Å²) in [6.07, 6.45) is 2.09. The van der Waals surface area contributed by atoms with Gasteiger partial charge in [0.1, 0.15) is 30.6 Å². The zero-order chi connectivity index (χ0) is 22.2. The number of anilines is 1. The van der Waals surface area contributed by atoms with Gasteiger partial charge in [-0.2, -0.15) is 0 Å². The van der Waals surface area contributed by atoms with Crippen molar-refractivity contribution in [2.45, 2.75) is 19.9 Å². The summed E-state index contributed by atoms with van der Waals surface area (Å²) >= 11 is 0. The van der Waals surface area contributed by atoms with Crippen LogP contribution in [0.15, 0.2) is 60.8 Å². The molecule has 0 aliphatic carbocycles. The molecule has 2 aromatic carbocycles. The van der Waals surface area contributed by atoms with Crippen LogP contribution in [0.5, 0.6) is 11.5 Å². The molecule has 31 heavy (non-hydrogen) atoms. The molecular formula is C24H24F2N2O3. The number of methoxy groups -OCH3 is 1. The lowest BCUT2D eigenvalue weighted by molar-refractivity contribution is -0.116. The van der Waals surface area contributed by atoms with Gasteiger partial charge in [-0.05, 0) is 48.0 Å². The Morgan fingerprint density at radius 1 is 1.13 bits per heavy atom. The number of hydrogen-bond donors (Lipinski definition) is 0. The van der Waals surface area contributed by atoms with Crippen LogP contribution in [0.1, 0.15) is 23.7 Å². The third kappa shape index (κ3) is 5.78. The molecule has 0 aliphatic heterocycles. The molecule has 1 amide bonds. The van der Waals surface area contributed by atoms with E-state index in [1.807, 2.05) is 6.07 Å². The number of rotatable bonds is 9. The van der Waals surface area contributed by atoms with E-state index in [0.717, 1.165) is 5.56 Å². The summed E-state index contributed by atoms with van der Waals surface area (Å²) in [5, 5.41) is 0. The lowest BCUT2D eigenvalue weighted by atomic mass is 10.1. The minimum Gasteiger partial charge on any atom is -0.497 e. The number of amides is 1. The monoisotopic (exact) mass is 425 g/mol. The zero-order valence-electron chi connectivity index (χ0n) is 17.5. The van der Waals surface area contributed by atoms with Crippen LogP contribution in [0.3, 0.4) is 0 Å². The molecule has 3 aromatic rings. The molecule has 7 heteroatoms. The van der Waals surface area contributed by atoms with E-state index >= 15 is 0 Å². The lowest BCUT2D eigenvalue weighted by Gasteiger charge is -2.25. The van der Waals surface area contributed by atoms with Crippen molar-refractivity contribution in [3.63, 3.8) is 0 Å². The van der Waals surface area contributed by atoms with Crippen molar-refractivity contribution >= 4 is 11.6 Å². The standard InChI is InChI=1S/C24H24F2N2O3/c1-17(29)28(16-19-15-21(30-2)9-10-24(19)31-13-11-25)23-4-3-12-27-22(23)14-18-5-7-20(26)8-6-18/h3-10,12,15H,11,13-14,16H2,1-2H3/i25-1. The number of aromatic nitrogens is 1. The molecule has 5 nitrogen and oxygen atoms in total. The van der Waals surface area contributed by atoms with E-state index in [2.05, 4.69) is 4.98 Å². The number of carbonyl (C=O) groups excluding carboxylic acids is 1. The molecule has 0 spiro atoms. The number of alkyl halides is 1. The van der Waals surface area contributed by atoms with Gasteiger partial charge in [0.2, 0.25) is 5.91 Å². The second-order valence-corrected chi connectivity index (χ2v) is 6.89. The first-order valence-electron chi connectivity index (χ1n) is 9.84. The first-order chi connectivity index (χ1) is 15.0. The number of halogens is 2. The largest absolute Gasteiger partial charge is 0.497 e. The van der Waals surface area contributed by atoms with Crippen molar-refractivity contribution in [1.29, 1.82) is 0 Å². The highest BCUT2D eigenvalue weighted by atomic mass is 19.1. The molecule has 0 unspecified atom stereocenters. The van der Waals surface area contributed by atoms with Gasteiger partial charge in [-0.3, -0.25) is 9.78 Å². The third-order valence-electron chi connectivity index (χ3n) is 4.75. The second kappa shape index (κ2) is 10.5. The first-order valence-corrected chi connectivity index (χ1v) is 9.84. The highest BCUT2D eigenvalue weighted by molar-refractivity contribution is 5.92. The van der Waals surface area contributed by atoms with Crippen LogP contribution in [0.2, 0.25) is 0 Å². The van der Waals surface area contributed by atoms with Gasteiger partial charge in [-0.15, -0.1) is 0 Å². The average Bonchev–Trinajstić information content (AvgIpc) is 2.78. The normalized spacial score (nSPS) is 10.6. The van der Waals surface area contributed by atoms with Crippen molar-refractivity contribution in [3.05, 3.63) is 83.4 Å². The molecule has 0 radical (unpaired) electrons. The molecular weight excluding hydrogens is 401 g/mol. The van der Waals surface area contributed by atoms with Crippen LogP contribution in [0.4, 0.5) is 14.5 Å². The summed E-state index contributed by atoms with van der Waals surface area (Å²) < 4.78 is 36.7. The van der Waals surface area contributed by atoms with Crippen LogP contribution in [-0.4, -0.2) is 31.3 Å². The van der Waals surface area contributed by atoms with E-state index in [9.17, 15) is 13.6 Å². The van der Waals surface area contributed by atoms with Crippen LogP contribution in [-0.2, 0) is 17.8 Å². The summed E-state index contributed by atoms with van der Waals surface area (Å²) in [7, 11) is 1.55. The second-order valence-electron chi connectivity index (χ2n) is 6.89. The fraction of sp³-hybridized carbons (Fsp3) is 0.250. The molecule has 0 fully saturated rings. The Balaban J connectivity index is 1.95. The van der Waals surface area contributed by atoms with E-state index in [0.29, 0.717) is 34.9 Å². The maximum atomic E-state index is 13.3. The molecule has 0 saturated carbocycles. The fourth-order valence-corrected chi connectivity index (χ4v) is 3.24. The summed E-state index contributed by atoms with van der Waals surface area (Å²) in [6.45, 7) is 0.960. The molecule has 162 valence electrons. The maximum Gasteiger partial charge on any atom is 0.224 e. The minimum absolute atomic E-state index is 0.0812. The van der Waals surface area contributed by atoms with Crippen molar-refractivity contribution in [2.75, 3.05) is 25.3 Å². The predicted molar refractivity (Wildman–Crippen MR) is 115 cm³/mol. The smallest absolute Gasteiger partial charge is 0.224 e. The average molecular weight is 425 g/mol. The maximum absolute atomic E-state index is 13.3. The van der Waals surface area contributed by atoms with Gasteiger partial charge in [0.25, 0.3) is 0 Å². The van der Waals surface area contributed by atoms with Crippen LogP contribution >= 0.6 is 0 Å². The number of ether oxygens (including phenoxy) is 2. The topological polar surface area (TPSA) is 51.7 Å². The Morgan fingerprint density at radius 3 is 2.58 bits per heavy atom. The van der Waals surface area contributed by atoms with Gasteiger partial charge < -0.3 is 14.4 Å². The lowest BCUT2D eigenvalue weighted by Crippen LogP contribution is -2.29. The van der Waals surface area contributed by atoms with Gasteiger partial charge in [0.15, 0.2) is 0 Å². The zero-order valence-corrected chi connectivity index (χ0v) is 17.5. The minimum atomic E-state index is -0.619. The molecule has 0 atom stereocenters. The third-order valence-corrected chi connectivity index (χ3v) is 4.75. The van der Waals surface area contributed by atoms with Gasteiger partial charge in [0, 0.05) is 25.1 Å². The van der Waals surface area contributed by atoms with E-state index in [-0.39, 0.29) is 24.9 Å². The Kier molecular flexibility index (Phi) is 7.54. The quantitative estimate of drug-likeness (QED) is 0.498. The van der Waals surface area contributed by atoms with Crippen LogP contribution in [0.25, 0.3) is 0 Å². The molecule has 3 rings (SSSR count). The van der Waals surface area contributed by atoms with Crippen molar-refractivity contribution in [2.24, 2.45) is 0 Å². The molecule has 1 heterocycles. The Hall–Kier alpha value is -3.48. The van der Waals surface area contributed by atoms with E-state index < -0.39 is 6.67 Å². The summed E-state index contributed by atoms with van der Waals surface area (Å²) in [5.41, 5.74) is 2.87. The fourth-order valence-electron chi connectivity index (χ4n) is 3.24. The molecule has 0 saturated heterocycles. The molecule has 0 N–H and O–H groups in total. The predicted octanol–water partition coefficient (Wildman–Crippen LogP) is 4.72. The van der Waals surface area contributed by atoms with Gasteiger partial charge >= 0.3 is 0 Å². The van der Waals surface area contributed by atoms with Crippen molar-refractivity contribution in [3.8, 4) is 11.5 Å². The summed E-state index contributed by atoms with van der Waals surface area (Å²) in [6, 6.07) is 14.9. The SMILES string of the molecule is COc1ccc(OCC[18F])c(CN(C(C)=O)c2cccnc2Cc2ccc(F)cc2)c1. The number of benzene rings is 2. The van der Waals surface area contributed by atoms with E-state index in [1.165, 1.54) is 19.1 Å². The van der Waals surface area contributed by atoms with Crippen LogP contribution in [0, 0.1) is 5.82 Å². The molecule has 0 bridgehead atoms. The number of pyridine rings is 1. The highest BCUT2D eigenvalue weighted by Crippen LogP contribution is 2.29. The number of hydrogen-bond acceptors (Lipinski definition) is 4. The van der Waals surface area contributed by atoms with Gasteiger partial charge in [-0.25, -0.2) is 8.78 Å². The summed E-state index contributed by atoms with van der Waals surface area (Å²) in [4.78, 5) is 18.6. The Bertz CT molecular complexity index is 1030. The van der Waals surface area contributed by atoms with E-state index in [4.69, 9.17) is 9.47 Å². The first kappa shape index (κ1) is 22.2. The van der Waals surface area contributed by atoms with Gasteiger partial charge in [0.05, 0.1) is 25.0 Å². The number of carbonyl (C=O) groups is 1. The summed E-state index contributed by atoms with van der Waals surface area (Å²) in [5.74, 6) is 0.583. The molecule has 1 aromatic heterocycles. The number of nitrogens with zero attached hydrogens (tertiary/aromatic N) is 2.